The average Bonchev–Trinajstić information content (AvgIpc) is 3.65. The maximum atomic E-state index is 12.3. The molecule has 0 aromatic rings. The van der Waals surface area contributed by atoms with Gasteiger partial charge in [0, 0.05) is 32.2 Å². The van der Waals surface area contributed by atoms with Gasteiger partial charge >= 0.3 is 5.97 Å². The van der Waals surface area contributed by atoms with Crippen LogP contribution in [-0.4, -0.2) is 62.2 Å². The second-order valence-corrected chi connectivity index (χ2v) is 18.6. The third kappa shape index (κ3) is 31.4. The van der Waals surface area contributed by atoms with E-state index < -0.39 is 0 Å². The van der Waals surface area contributed by atoms with Crippen molar-refractivity contribution in [2.45, 2.75) is 272 Å². The normalized spacial score (nSPS) is 16.9. The van der Waals surface area contributed by atoms with E-state index in [0.29, 0.717) is 13.0 Å². The van der Waals surface area contributed by atoms with Crippen LogP contribution in [0.4, 0.5) is 0 Å². The Morgan fingerprint density at radius 3 is 1.51 bits per heavy atom. The fourth-order valence-electron chi connectivity index (χ4n) is 9.06. The van der Waals surface area contributed by atoms with Gasteiger partial charge in [-0.3, -0.25) is 4.79 Å². The number of rotatable bonds is 45. The molecular weight excluding hydrogens is 731 g/mol. The lowest BCUT2D eigenvalue weighted by molar-refractivity contribution is -0.180. The zero-order valence-corrected chi connectivity index (χ0v) is 40.7. The Labute approximate surface area is 368 Å². The molecule has 6 nitrogen and oxygen atoms in total. The molecule has 1 heterocycles. The molecule has 0 spiro atoms. The van der Waals surface area contributed by atoms with E-state index in [2.05, 4.69) is 53.0 Å². The van der Waals surface area contributed by atoms with Crippen molar-refractivity contribution < 1.29 is 23.7 Å². The number of hydrogen-bond acceptors (Lipinski definition) is 6. The van der Waals surface area contributed by atoms with Gasteiger partial charge in [0.15, 0.2) is 5.79 Å². The van der Waals surface area contributed by atoms with Crippen molar-refractivity contribution in [2.24, 2.45) is 11.8 Å². The molecule has 1 aliphatic rings. The quantitative estimate of drug-likeness (QED) is 0.0346. The van der Waals surface area contributed by atoms with Gasteiger partial charge < -0.3 is 23.8 Å². The highest BCUT2D eigenvalue weighted by atomic mass is 16.7. The fourth-order valence-corrected chi connectivity index (χ4v) is 9.06. The molecule has 1 fully saturated rings. The molecule has 0 aromatic carbocycles. The summed E-state index contributed by atoms with van der Waals surface area (Å²) in [6.07, 6.45) is 41.0. The fraction of sp³-hybridized carbons (Fsp3) is 0.943. The van der Waals surface area contributed by atoms with Crippen molar-refractivity contribution >= 4 is 5.97 Å². The maximum Gasteiger partial charge on any atom is 0.305 e. The first kappa shape index (κ1) is 55.9. The van der Waals surface area contributed by atoms with Crippen LogP contribution in [0, 0.1) is 11.8 Å². The maximum absolute atomic E-state index is 12.3. The van der Waals surface area contributed by atoms with Crippen LogP contribution in [0.1, 0.15) is 260 Å². The van der Waals surface area contributed by atoms with E-state index in [9.17, 15) is 4.79 Å². The summed E-state index contributed by atoms with van der Waals surface area (Å²) < 4.78 is 25.1. The number of allylic oxidation sites excluding steroid dienone is 1. The topological polar surface area (TPSA) is 57.2 Å². The van der Waals surface area contributed by atoms with E-state index in [1.807, 2.05) is 0 Å². The van der Waals surface area contributed by atoms with Crippen molar-refractivity contribution in [3.05, 3.63) is 12.3 Å². The molecule has 0 amide bonds. The standard InChI is InChI=1S/C53H103NO5/c1-8-14-33-49(34-15-9-2)39-45-56-48(7)32-28-24-20-18-22-26-30-41-53(58-47-51(59-53)38-44-54(13-6)43-12-5)42-31-27-23-19-21-25-29-37-52(55)57-46-40-50(35-16-10-3)36-17-11-4/h49-51H,7-47H2,1-6H3. The summed E-state index contributed by atoms with van der Waals surface area (Å²) in [7, 11) is 0. The minimum Gasteiger partial charge on any atom is -0.499 e. The molecule has 0 saturated carbocycles. The highest BCUT2D eigenvalue weighted by Crippen LogP contribution is 2.36. The number of carbonyl (C=O) groups is 1. The zero-order chi connectivity index (χ0) is 43.1. The first-order valence-electron chi connectivity index (χ1n) is 26.3. The first-order valence-corrected chi connectivity index (χ1v) is 26.3. The highest BCUT2D eigenvalue weighted by molar-refractivity contribution is 5.69. The van der Waals surface area contributed by atoms with Crippen molar-refractivity contribution in [1.29, 1.82) is 0 Å². The minimum atomic E-state index is -0.384. The van der Waals surface area contributed by atoms with Gasteiger partial charge in [-0.15, -0.1) is 0 Å². The lowest BCUT2D eigenvalue weighted by atomic mass is 9.93. The Kier molecular flexibility index (Phi) is 37.6. The molecule has 0 N–H and O–H groups in total. The molecule has 1 aliphatic heterocycles. The molecule has 0 radical (unpaired) electrons. The summed E-state index contributed by atoms with van der Waals surface area (Å²) in [6.45, 7) is 23.5. The molecule has 350 valence electrons. The summed E-state index contributed by atoms with van der Waals surface area (Å²) in [6, 6.07) is 0. The largest absolute Gasteiger partial charge is 0.499 e. The number of nitrogens with zero attached hydrogens (tertiary/aromatic N) is 1. The molecule has 59 heavy (non-hydrogen) atoms. The Bertz CT molecular complexity index is 869. The number of unbranched alkanes of at least 4 members (excludes halogenated alkanes) is 16. The molecule has 0 bridgehead atoms. The Morgan fingerprint density at radius 2 is 1.03 bits per heavy atom. The SMILES string of the molecule is C=C(CCCCCCCCCC1(CCCCCCCCCC(=O)OCCC(CCCC)CCCC)OCC(CCN(CC)CCC)O1)OCCC(CCCC)CCCC. The van der Waals surface area contributed by atoms with Gasteiger partial charge in [0.05, 0.1) is 31.7 Å². The number of ether oxygens (including phenoxy) is 4. The molecule has 1 rings (SSSR count). The van der Waals surface area contributed by atoms with Gasteiger partial charge in [0.25, 0.3) is 0 Å². The number of carbonyl (C=O) groups excluding carboxylic acids is 1. The third-order valence-corrected chi connectivity index (χ3v) is 13.1. The average molecular weight is 834 g/mol. The summed E-state index contributed by atoms with van der Waals surface area (Å²) in [5, 5.41) is 0. The van der Waals surface area contributed by atoms with E-state index >= 15 is 0 Å². The van der Waals surface area contributed by atoms with Crippen molar-refractivity contribution in [1.82, 2.24) is 4.90 Å². The molecule has 0 aromatic heterocycles. The van der Waals surface area contributed by atoms with Gasteiger partial charge in [-0.05, 0) is 76.3 Å². The number of esters is 1. The first-order chi connectivity index (χ1) is 28.8. The summed E-state index contributed by atoms with van der Waals surface area (Å²) >= 11 is 0. The number of hydrogen-bond donors (Lipinski definition) is 0. The smallest absolute Gasteiger partial charge is 0.305 e. The van der Waals surface area contributed by atoms with Crippen LogP contribution in [0.5, 0.6) is 0 Å². The van der Waals surface area contributed by atoms with E-state index in [-0.39, 0.29) is 17.9 Å². The zero-order valence-electron chi connectivity index (χ0n) is 40.7. The Morgan fingerprint density at radius 1 is 0.576 bits per heavy atom. The summed E-state index contributed by atoms with van der Waals surface area (Å²) in [5.41, 5.74) is 0. The second kappa shape index (κ2) is 39.7. The monoisotopic (exact) mass is 834 g/mol. The third-order valence-electron chi connectivity index (χ3n) is 13.1. The molecule has 2 atom stereocenters. The summed E-state index contributed by atoms with van der Waals surface area (Å²) in [4.78, 5) is 14.9. The van der Waals surface area contributed by atoms with Gasteiger partial charge in [-0.1, -0.05) is 189 Å². The van der Waals surface area contributed by atoms with Crippen LogP contribution in [0.15, 0.2) is 12.3 Å². The van der Waals surface area contributed by atoms with Crippen LogP contribution < -0.4 is 0 Å². The van der Waals surface area contributed by atoms with Gasteiger partial charge in [-0.25, -0.2) is 0 Å². The van der Waals surface area contributed by atoms with Crippen LogP contribution in [0.25, 0.3) is 0 Å². The minimum absolute atomic E-state index is 0.00441. The lowest BCUT2D eigenvalue weighted by Gasteiger charge is -2.29. The van der Waals surface area contributed by atoms with Crippen LogP contribution >= 0.6 is 0 Å². The molecule has 2 unspecified atom stereocenters. The van der Waals surface area contributed by atoms with Crippen LogP contribution in [-0.2, 0) is 23.7 Å². The molecule has 0 aliphatic carbocycles. The predicted octanol–water partition coefficient (Wildman–Crippen LogP) is 16.1. The van der Waals surface area contributed by atoms with Gasteiger partial charge in [0.2, 0.25) is 0 Å². The van der Waals surface area contributed by atoms with Crippen molar-refractivity contribution in [2.75, 3.05) is 39.5 Å². The van der Waals surface area contributed by atoms with E-state index in [4.69, 9.17) is 18.9 Å². The second-order valence-electron chi connectivity index (χ2n) is 18.6. The Balaban J connectivity index is 2.31. The van der Waals surface area contributed by atoms with Gasteiger partial charge in [-0.2, -0.15) is 0 Å². The highest BCUT2D eigenvalue weighted by Gasteiger charge is 2.40. The van der Waals surface area contributed by atoms with Crippen LogP contribution in [0.2, 0.25) is 0 Å². The van der Waals surface area contributed by atoms with Crippen molar-refractivity contribution in [3.8, 4) is 0 Å². The summed E-state index contributed by atoms with van der Waals surface area (Å²) in [5.74, 6) is 2.16. The Hall–Kier alpha value is -1.11. The van der Waals surface area contributed by atoms with Crippen molar-refractivity contribution in [3.63, 3.8) is 0 Å². The van der Waals surface area contributed by atoms with E-state index in [1.54, 1.807) is 0 Å². The van der Waals surface area contributed by atoms with Gasteiger partial charge in [0.1, 0.15) is 0 Å². The molecule has 1 saturated heterocycles. The van der Waals surface area contributed by atoms with Crippen LogP contribution in [0.3, 0.4) is 0 Å². The van der Waals surface area contributed by atoms with E-state index in [0.717, 1.165) is 88.8 Å². The predicted molar refractivity (Wildman–Crippen MR) is 254 cm³/mol. The lowest BCUT2D eigenvalue weighted by Crippen LogP contribution is -2.32. The molecule has 6 heteroatoms. The van der Waals surface area contributed by atoms with E-state index in [1.165, 1.54) is 173 Å². The molecular formula is C53H103NO5.